The molecule has 0 radical (unpaired) electrons. The molecular weight excluding hydrogens is 307 g/mol. The van der Waals surface area contributed by atoms with Gasteiger partial charge < -0.3 is 10.2 Å². The van der Waals surface area contributed by atoms with Crippen molar-refractivity contribution in [1.82, 2.24) is 4.90 Å². The van der Waals surface area contributed by atoms with Crippen LogP contribution in [0, 0.1) is 5.82 Å². The summed E-state index contributed by atoms with van der Waals surface area (Å²) in [7, 11) is 0. The molecule has 0 saturated carbocycles. The first-order chi connectivity index (χ1) is 11.5. The fraction of sp³-hybridized carbons (Fsp3) is 0.263. The molecule has 0 aliphatic heterocycles. The number of anilines is 1. The molecule has 0 bridgehead atoms. The molecule has 24 heavy (non-hydrogen) atoms. The molecular formula is C19H21FN2O2. The molecule has 0 aliphatic carbocycles. The lowest BCUT2D eigenvalue weighted by Gasteiger charge is -2.20. The van der Waals surface area contributed by atoms with Gasteiger partial charge in [-0.15, -0.1) is 0 Å². The Morgan fingerprint density at radius 2 is 1.58 bits per heavy atom. The molecule has 0 unspecified atom stereocenters. The fourth-order valence-electron chi connectivity index (χ4n) is 2.29. The van der Waals surface area contributed by atoms with E-state index >= 15 is 0 Å². The number of benzene rings is 2. The minimum Gasteiger partial charge on any atom is -0.329 e. The van der Waals surface area contributed by atoms with Crippen LogP contribution in [0.3, 0.4) is 0 Å². The SMILES string of the molecule is CCc1ccc(NC(=O)CN(Cc2ccc(F)cc2)C(C)=O)cc1. The molecule has 0 heterocycles. The van der Waals surface area contributed by atoms with Crippen LogP contribution >= 0.6 is 0 Å². The Bertz CT molecular complexity index is 696. The van der Waals surface area contributed by atoms with Crippen molar-refractivity contribution in [2.45, 2.75) is 26.8 Å². The van der Waals surface area contributed by atoms with E-state index in [-0.39, 0.29) is 30.7 Å². The molecule has 0 saturated heterocycles. The van der Waals surface area contributed by atoms with Crippen molar-refractivity contribution in [2.75, 3.05) is 11.9 Å². The first-order valence-electron chi connectivity index (χ1n) is 7.86. The molecule has 126 valence electrons. The van der Waals surface area contributed by atoms with Crippen LogP contribution in [0.15, 0.2) is 48.5 Å². The largest absolute Gasteiger partial charge is 0.329 e. The van der Waals surface area contributed by atoms with Crippen LogP contribution in [0.2, 0.25) is 0 Å². The number of aryl methyl sites for hydroxylation is 1. The zero-order valence-corrected chi connectivity index (χ0v) is 13.9. The van der Waals surface area contributed by atoms with E-state index in [1.165, 1.54) is 29.5 Å². The van der Waals surface area contributed by atoms with Crippen molar-refractivity contribution >= 4 is 17.5 Å². The molecule has 2 rings (SSSR count). The third kappa shape index (κ3) is 5.19. The Hall–Kier alpha value is -2.69. The highest BCUT2D eigenvalue weighted by Gasteiger charge is 2.14. The van der Waals surface area contributed by atoms with Gasteiger partial charge in [-0.1, -0.05) is 31.2 Å². The molecule has 0 atom stereocenters. The van der Waals surface area contributed by atoms with E-state index in [1.54, 1.807) is 12.1 Å². The molecule has 0 fully saturated rings. The van der Waals surface area contributed by atoms with Crippen molar-refractivity contribution in [3.05, 3.63) is 65.5 Å². The van der Waals surface area contributed by atoms with Gasteiger partial charge in [0.2, 0.25) is 11.8 Å². The standard InChI is InChI=1S/C19H21FN2O2/c1-3-15-6-10-18(11-7-15)21-19(24)13-22(14(2)23)12-16-4-8-17(20)9-5-16/h4-11H,3,12-13H2,1-2H3,(H,21,24). The number of hydrogen-bond acceptors (Lipinski definition) is 2. The van der Waals surface area contributed by atoms with Crippen LogP contribution in [0.25, 0.3) is 0 Å². The number of halogens is 1. The molecule has 2 aromatic carbocycles. The van der Waals surface area contributed by atoms with Crippen molar-refractivity contribution < 1.29 is 14.0 Å². The van der Waals surface area contributed by atoms with Crippen molar-refractivity contribution in [1.29, 1.82) is 0 Å². The quantitative estimate of drug-likeness (QED) is 0.884. The first kappa shape index (κ1) is 17.7. The number of rotatable bonds is 6. The molecule has 0 spiro atoms. The Morgan fingerprint density at radius 1 is 1.00 bits per heavy atom. The monoisotopic (exact) mass is 328 g/mol. The van der Waals surface area contributed by atoms with E-state index in [2.05, 4.69) is 12.2 Å². The average molecular weight is 328 g/mol. The Balaban J connectivity index is 1.97. The zero-order chi connectivity index (χ0) is 17.5. The van der Waals surface area contributed by atoms with Crippen LogP contribution in [-0.4, -0.2) is 23.3 Å². The number of carbonyl (C=O) groups excluding carboxylic acids is 2. The second kappa shape index (κ2) is 8.24. The zero-order valence-electron chi connectivity index (χ0n) is 13.9. The Labute approximate surface area is 141 Å². The predicted molar refractivity (Wildman–Crippen MR) is 91.9 cm³/mol. The lowest BCUT2D eigenvalue weighted by molar-refractivity contribution is -0.133. The summed E-state index contributed by atoms with van der Waals surface area (Å²) in [5.41, 5.74) is 2.66. The molecule has 0 aromatic heterocycles. The highest BCUT2D eigenvalue weighted by molar-refractivity contribution is 5.94. The summed E-state index contributed by atoms with van der Waals surface area (Å²) in [4.78, 5) is 25.3. The van der Waals surface area contributed by atoms with Gasteiger partial charge in [-0.05, 0) is 41.8 Å². The van der Waals surface area contributed by atoms with Crippen LogP contribution in [0.1, 0.15) is 25.0 Å². The maximum absolute atomic E-state index is 12.9. The molecule has 2 amide bonds. The van der Waals surface area contributed by atoms with Gasteiger partial charge >= 0.3 is 0 Å². The highest BCUT2D eigenvalue weighted by Crippen LogP contribution is 2.11. The maximum Gasteiger partial charge on any atom is 0.244 e. The van der Waals surface area contributed by atoms with Crippen molar-refractivity contribution in [3.63, 3.8) is 0 Å². The highest BCUT2D eigenvalue weighted by atomic mass is 19.1. The van der Waals surface area contributed by atoms with Gasteiger partial charge in [0.1, 0.15) is 12.4 Å². The third-order valence-corrected chi connectivity index (χ3v) is 3.71. The minimum absolute atomic E-state index is 0.0533. The van der Waals surface area contributed by atoms with E-state index in [9.17, 15) is 14.0 Å². The number of carbonyl (C=O) groups is 2. The average Bonchev–Trinajstić information content (AvgIpc) is 2.56. The molecule has 0 aliphatic rings. The number of nitrogens with one attached hydrogen (secondary N) is 1. The Morgan fingerprint density at radius 3 is 2.12 bits per heavy atom. The summed E-state index contributed by atoms with van der Waals surface area (Å²) in [5.74, 6) is -0.811. The summed E-state index contributed by atoms with van der Waals surface area (Å²) in [6, 6.07) is 13.5. The lowest BCUT2D eigenvalue weighted by Crippen LogP contribution is -2.36. The molecule has 4 nitrogen and oxygen atoms in total. The molecule has 5 heteroatoms. The summed E-state index contributed by atoms with van der Waals surface area (Å²) in [5, 5.41) is 2.78. The van der Waals surface area contributed by atoms with Gasteiger partial charge in [-0.25, -0.2) is 4.39 Å². The summed E-state index contributed by atoms with van der Waals surface area (Å²) in [6.45, 7) is 3.68. The molecule has 2 aromatic rings. The van der Waals surface area contributed by atoms with Gasteiger partial charge in [0.05, 0.1) is 0 Å². The van der Waals surface area contributed by atoms with Gasteiger partial charge in [-0.2, -0.15) is 0 Å². The summed E-state index contributed by atoms with van der Waals surface area (Å²) >= 11 is 0. The maximum atomic E-state index is 12.9. The third-order valence-electron chi connectivity index (χ3n) is 3.71. The summed E-state index contributed by atoms with van der Waals surface area (Å²) < 4.78 is 12.9. The summed E-state index contributed by atoms with van der Waals surface area (Å²) in [6.07, 6.45) is 0.935. The normalized spacial score (nSPS) is 10.3. The van der Waals surface area contributed by atoms with E-state index in [0.29, 0.717) is 5.69 Å². The lowest BCUT2D eigenvalue weighted by atomic mass is 10.1. The number of amides is 2. The first-order valence-corrected chi connectivity index (χ1v) is 7.86. The van der Waals surface area contributed by atoms with E-state index < -0.39 is 0 Å². The van der Waals surface area contributed by atoms with Crippen LogP contribution in [0.4, 0.5) is 10.1 Å². The van der Waals surface area contributed by atoms with Gasteiger partial charge in [0, 0.05) is 19.2 Å². The van der Waals surface area contributed by atoms with Crippen LogP contribution in [-0.2, 0) is 22.6 Å². The van der Waals surface area contributed by atoms with Gasteiger partial charge in [0.25, 0.3) is 0 Å². The van der Waals surface area contributed by atoms with Crippen molar-refractivity contribution in [2.24, 2.45) is 0 Å². The topological polar surface area (TPSA) is 49.4 Å². The number of hydrogen-bond donors (Lipinski definition) is 1. The van der Waals surface area contributed by atoms with Crippen molar-refractivity contribution in [3.8, 4) is 0 Å². The van der Waals surface area contributed by atoms with Gasteiger partial charge in [-0.3, -0.25) is 9.59 Å². The van der Waals surface area contributed by atoms with Crippen LogP contribution < -0.4 is 5.32 Å². The van der Waals surface area contributed by atoms with E-state index in [0.717, 1.165) is 12.0 Å². The smallest absolute Gasteiger partial charge is 0.244 e. The van der Waals surface area contributed by atoms with E-state index in [4.69, 9.17) is 0 Å². The second-order valence-corrected chi connectivity index (χ2v) is 5.60. The minimum atomic E-state index is -0.332. The van der Waals surface area contributed by atoms with Gasteiger partial charge in [0.15, 0.2) is 0 Å². The number of nitrogens with zero attached hydrogens (tertiary/aromatic N) is 1. The van der Waals surface area contributed by atoms with Crippen LogP contribution in [0.5, 0.6) is 0 Å². The second-order valence-electron chi connectivity index (χ2n) is 5.60. The molecule has 1 N–H and O–H groups in total. The predicted octanol–water partition coefficient (Wildman–Crippen LogP) is 3.38. The Kier molecular flexibility index (Phi) is 6.07. The fourth-order valence-corrected chi connectivity index (χ4v) is 2.29. The van der Waals surface area contributed by atoms with E-state index in [1.807, 2.05) is 24.3 Å².